The molecular weight excluding hydrogens is 406 g/mol. The van der Waals surface area contributed by atoms with Gasteiger partial charge in [-0.25, -0.2) is 22.4 Å². The Morgan fingerprint density at radius 3 is 2.50 bits per heavy atom. The van der Waals surface area contributed by atoms with Gasteiger partial charge in [0.15, 0.2) is 5.82 Å². The van der Waals surface area contributed by atoms with Crippen molar-refractivity contribution in [3.63, 3.8) is 0 Å². The van der Waals surface area contributed by atoms with E-state index in [1.165, 1.54) is 0 Å². The van der Waals surface area contributed by atoms with Crippen LogP contribution in [0.3, 0.4) is 0 Å². The molecule has 10 heteroatoms. The maximum atomic E-state index is 12.6. The van der Waals surface area contributed by atoms with Crippen molar-refractivity contribution in [2.45, 2.75) is 49.4 Å². The summed E-state index contributed by atoms with van der Waals surface area (Å²) in [5, 5.41) is 7.49. The lowest BCUT2D eigenvalue weighted by atomic mass is 9.85. The predicted octanol–water partition coefficient (Wildman–Crippen LogP) is 0.953. The van der Waals surface area contributed by atoms with Crippen LogP contribution in [-0.2, 0) is 27.8 Å². The van der Waals surface area contributed by atoms with Crippen molar-refractivity contribution >= 4 is 15.9 Å². The predicted molar refractivity (Wildman–Crippen MR) is 109 cm³/mol. The maximum Gasteiger partial charge on any atom is 0.242 e. The van der Waals surface area contributed by atoms with Crippen LogP contribution in [0.5, 0.6) is 5.75 Å². The molecule has 1 aliphatic carbocycles. The first kappa shape index (κ1) is 19.5. The van der Waals surface area contributed by atoms with Crippen molar-refractivity contribution in [1.82, 2.24) is 24.4 Å². The van der Waals surface area contributed by atoms with E-state index in [4.69, 9.17) is 9.72 Å². The van der Waals surface area contributed by atoms with E-state index in [1.807, 2.05) is 24.3 Å². The van der Waals surface area contributed by atoms with Gasteiger partial charge in [-0.05, 0) is 49.9 Å². The number of piperidine rings is 1. The number of benzene rings is 1. The summed E-state index contributed by atoms with van der Waals surface area (Å²) in [5.74, 6) is 1.97. The molecular formula is C20H25N5O4S. The zero-order valence-electron chi connectivity index (χ0n) is 16.9. The van der Waals surface area contributed by atoms with E-state index in [-0.39, 0.29) is 17.7 Å². The molecule has 9 nitrogen and oxygen atoms in total. The highest BCUT2D eigenvalue weighted by molar-refractivity contribution is 7.90. The van der Waals surface area contributed by atoms with Crippen molar-refractivity contribution in [2.75, 3.05) is 20.2 Å². The van der Waals surface area contributed by atoms with Crippen molar-refractivity contribution < 1.29 is 17.9 Å². The van der Waals surface area contributed by atoms with Gasteiger partial charge in [-0.2, -0.15) is 5.10 Å². The molecule has 2 aromatic rings. The number of carbonyl (C=O) groups excluding carboxylic acids is 1. The van der Waals surface area contributed by atoms with Gasteiger partial charge in [-0.15, -0.1) is 0 Å². The summed E-state index contributed by atoms with van der Waals surface area (Å²) in [7, 11) is -1.57. The molecule has 2 fully saturated rings. The lowest BCUT2D eigenvalue weighted by Gasteiger charge is -2.40. The molecule has 1 saturated heterocycles. The summed E-state index contributed by atoms with van der Waals surface area (Å²) in [6, 6.07) is 7.49. The molecule has 3 aliphatic rings. The average molecular weight is 432 g/mol. The molecule has 2 aliphatic heterocycles. The van der Waals surface area contributed by atoms with Crippen LogP contribution in [-0.4, -0.2) is 64.4 Å². The Kier molecular flexibility index (Phi) is 4.59. The summed E-state index contributed by atoms with van der Waals surface area (Å²) >= 11 is 0. The summed E-state index contributed by atoms with van der Waals surface area (Å²) in [6.45, 7) is 0.974. The normalized spacial score (nSPS) is 21.7. The number of rotatable bonds is 4. The van der Waals surface area contributed by atoms with Gasteiger partial charge in [0.1, 0.15) is 18.1 Å². The smallest absolute Gasteiger partial charge is 0.242 e. The van der Waals surface area contributed by atoms with Crippen molar-refractivity contribution in [3.8, 4) is 17.1 Å². The molecule has 1 aromatic carbocycles. The maximum absolute atomic E-state index is 12.6. The molecule has 3 heterocycles. The minimum Gasteiger partial charge on any atom is -0.497 e. The molecule has 30 heavy (non-hydrogen) atoms. The fourth-order valence-electron chi connectivity index (χ4n) is 4.36. The Morgan fingerprint density at radius 1 is 1.17 bits per heavy atom. The Bertz CT molecular complexity index is 1070. The summed E-state index contributed by atoms with van der Waals surface area (Å²) in [4.78, 5) is 17.3. The summed E-state index contributed by atoms with van der Waals surface area (Å²) < 4.78 is 33.6. The van der Waals surface area contributed by atoms with Crippen LogP contribution < -0.4 is 10.1 Å². The van der Waals surface area contributed by atoms with Gasteiger partial charge in [0.05, 0.1) is 12.4 Å². The lowest BCUT2D eigenvalue weighted by molar-refractivity contribution is -0.123. The number of nitrogens with zero attached hydrogens (tertiary/aromatic N) is 4. The second-order valence-electron chi connectivity index (χ2n) is 8.39. The Balaban J connectivity index is 1.37. The molecule has 5 rings (SSSR count). The van der Waals surface area contributed by atoms with Gasteiger partial charge in [-0.1, -0.05) is 0 Å². The van der Waals surface area contributed by atoms with Gasteiger partial charge >= 0.3 is 0 Å². The van der Waals surface area contributed by atoms with E-state index in [9.17, 15) is 13.2 Å². The Hall–Kier alpha value is -2.46. The minimum atomic E-state index is -3.19. The van der Waals surface area contributed by atoms with Crippen LogP contribution in [0.15, 0.2) is 24.3 Å². The van der Waals surface area contributed by atoms with E-state index in [2.05, 4.69) is 10.4 Å². The zero-order chi connectivity index (χ0) is 20.9. The van der Waals surface area contributed by atoms with Gasteiger partial charge in [-0.3, -0.25) is 4.79 Å². The fraction of sp³-hybridized carbons (Fsp3) is 0.550. The monoisotopic (exact) mass is 431 g/mol. The first-order valence-electron chi connectivity index (χ1n) is 10.3. The number of hydrogen-bond acceptors (Lipinski definition) is 6. The number of amides is 1. The SMILES string of the molecule is COc1ccc(-c2nc3n(n2)CC(=O)NC2(CCN(S(=O)(=O)C4CC4)CC2)C3)cc1. The average Bonchev–Trinajstić information content (AvgIpc) is 3.54. The second-order valence-corrected chi connectivity index (χ2v) is 10.6. The molecule has 1 saturated carbocycles. The lowest BCUT2D eigenvalue weighted by Crippen LogP contribution is -2.57. The second kappa shape index (κ2) is 7.05. The van der Waals surface area contributed by atoms with Crippen LogP contribution in [0.4, 0.5) is 0 Å². The van der Waals surface area contributed by atoms with Gasteiger partial charge < -0.3 is 10.1 Å². The van der Waals surface area contributed by atoms with Gasteiger partial charge in [0.2, 0.25) is 15.9 Å². The van der Waals surface area contributed by atoms with Gasteiger partial charge in [0, 0.05) is 30.6 Å². The van der Waals surface area contributed by atoms with Crippen LogP contribution in [0, 0.1) is 0 Å². The molecule has 0 radical (unpaired) electrons. The molecule has 1 aromatic heterocycles. The minimum absolute atomic E-state index is 0.113. The molecule has 0 bridgehead atoms. The van der Waals surface area contributed by atoms with E-state index in [0.29, 0.717) is 38.2 Å². The van der Waals surface area contributed by atoms with E-state index < -0.39 is 15.6 Å². The Labute approximate surface area is 175 Å². The standard InChI is InChI=1S/C20H25N5O4S/c1-29-15-4-2-14(3-5-15)19-21-17-12-20(22-18(26)13-25(17)23-19)8-10-24(11-9-20)30(27,28)16-6-7-16/h2-5,16H,6-13H2,1H3,(H,22,26). The first-order valence-corrected chi connectivity index (χ1v) is 11.8. The van der Waals surface area contributed by atoms with Crippen LogP contribution in [0.25, 0.3) is 11.4 Å². The topological polar surface area (TPSA) is 106 Å². The quantitative estimate of drug-likeness (QED) is 0.773. The number of methoxy groups -OCH3 is 1. The molecule has 0 unspecified atom stereocenters. The molecule has 1 amide bonds. The number of aromatic nitrogens is 3. The molecule has 1 N–H and O–H groups in total. The van der Waals surface area contributed by atoms with E-state index in [0.717, 1.165) is 30.0 Å². The fourth-order valence-corrected chi connectivity index (χ4v) is 6.20. The van der Waals surface area contributed by atoms with Crippen molar-refractivity contribution in [1.29, 1.82) is 0 Å². The van der Waals surface area contributed by atoms with Gasteiger partial charge in [0.25, 0.3) is 0 Å². The third-order valence-corrected chi connectivity index (χ3v) is 8.67. The summed E-state index contributed by atoms with van der Waals surface area (Å²) in [5.41, 5.74) is 0.377. The van der Waals surface area contributed by atoms with Crippen molar-refractivity contribution in [3.05, 3.63) is 30.1 Å². The van der Waals surface area contributed by atoms with E-state index in [1.54, 1.807) is 16.1 Å². The zero-order valence-corrected chi connectivity index (χ0v) is 17.7. The van der Waals surface area contributed by atoms with Crippen molar-refractivity contribution in [2.24, 2.45) is 0 Å². The van der Waals surface area contributed by atoms with Crippen LogP contribution in [0.2, 0.25) is 0 Å². The van der Waals surface area contributed by atoms with Crippen LogP contribution >= 0.6 is 0 Å². The highest BCUT2D eigenvalue weighted by atomic mass is 32.2. The number of hydrogen-bond donors (Lipinski definition) is 1. The molecule has 0 atom stereocenters. The highest BCUT2D eigenvalue weighted by Gasteiger charge is 2.46. The number of carbonyl (C=O) groups is 1. The highest BCUT2D eigenvalue weighted by Crippen LogP contribution is 2.35. The third-order valence-electron chi connectivity index (χ3n) is 6.28. The number of nitrogens with one attached hydrogen (secondary N) is 1. The number of ether oxygens (including phenoxy) is 1. The number of fused-ring (bicyclic) bond motifs is 1. The molecule has 160 valence electrons. The molecule has 1 spiro atoms. The third kappa shape index (κ3) is 3.47. The largest absolute Gasteiger partial charge is 0.497 e. The van der Waals surface area contributed by atoms with Crippen LogP contribution in [0.1, 0.15) is 31.5 Å². The number of sulfonamides is 1. The van der Waals surface area contributed by atoms with E-state index >= 15 is 0 Å². The first-order chi connectivity index (χ1) is 14.4. The summed E-state index contributed by atoms with van der Waals surface area (Å²) in [6.07, 6.45) is 3.22. The Morgan fingerprint density at radius 2 is 1.87 bits per heavy atom.